The van der Waals surface area contributed by atoms with Crippen LogP contribution in [0.1, 0.15) is 25.3 Å². The summed E-state index contributed by atoms with van der Waals surface area (Å²) in [5.41, 5.74) is 1.14. The molecule has 0 aliphatic carbocycles. The second-order valence-corrected chi connectivity index (χ2v) is 6.95. The molecule has 1 fully saturated rings. The van der Waals surface area contributed by atoms with Crippen molar-refractivity contribution in [2.75, 3.05) is 19.6 Å². The van der Waals surface area contributed by atoms with E-state index in [-0.39, 0.29) is 5.92 Å². The first-order valence-electron chi connectivity index (χ1n) is 6.51. The van der Waals surface area contributed by atoms with Gasteiger partial charge in [-0.2, -0.15) is 17.0 Å². The van der Waals surface area contributed by atoms with E-state index in [0.717, 1.165) is 25.2 Å². The van der Waals surface area contributed by atoms with Crippen LogP contribution in [0.4, 0.5) is 0 Å². The Morgan fingerprint density at radius 2 is 1.89 bits per heavy atom. The summed E-state index contributed by atoms with van der Waals surface area (Å²) in [6.07, 6.45) is 0. The van der Waals surface area contributed by atoms with Gasteiger partial charge in [0.25, 0.3) is 0 Å². The molecule has 1 saturated heterocycles. The Labute approximate surface area is 114 Å². The number of benzene rings is 1. The number of nitriles is 1. The standard InChI is InChI=1S/C15H20N2S/c1-12-9-17(10-13(2)18-12)11-15(8-16)14-6-4-3-5-7-14/h3-7,12-13,15H,9-11H2,1-2H3. The maximum Gasteiger partial charge on any atom is 0.0839 e. The minimum Gasteiger partial charge on any atom is -0.300 e. The zero-order chi connectivity index (χ0) is 13.0. The van der Waals surface area contributed by atoms with Crippen LogP contribution in [0.3, 0.4) is 0 Å². The van der Waals surface area contributed by atoms with Gasteiger partial charge in [-0.15, -0.1) is 0 Å². The van der Waals surface area contributed by atoms with Crippen LogP contribution >= 0.6 is 11.8 Å². The third-order valence-corrected chi connectivity index (χ3v) is 4.52. The summed E-state index contributed by atoms with van der Waals surface area (Å²) in [6, 6.07) is 12.6. The van der Waals surface area contributed by atoms with E-state index in [4.69, 9.17) is 0 Å². The fourth-order valence-electron chi connectivity index (χ4n) is 2.60. The van der Waals surface area contributed by atoms with Gasteiger partial charge < -0.3 is 0 Å². The highest BCUT2D eigenvalue weighted by Crippen LogP contribution is 2.26. The molecule has 96 valence electrons. The quantitative estimate of drug-likeness (QED) is 0.835. The van der Waals surface area contributed by atoms with Gasteiger partial charge in [-0.3, -0.25) is 4.90 Å². The summed E-state index contributed by atoms with van der Waals surface area (Å²) in [6.45, 7) is 7.60. The first-order chi connectivity index (χ1) is 8.69. The lowest BCUT2D eigenvalue weighted by atomic mass is 10.00. The third-order valence-electron chi connectivity index (χ3n) is 3.29. The van der Waals surface area contributed by atoms with Crippen LogP contribution < -0.4 is 0 Å². The zero-order valence-electron chi connectivity index (χ0n) is 11.0. The maximum atomic E-state index is 9.36. The van der Waals surface area contributed by atoms with Crippen LogP contribution in [0.25, 0.3) is 0 Å². The topological polar surface area (TPSA) is 27.0 Å². The third kappa shape index (κ3) is 3.51. The Morgan fingerprint density at radius 1 is 1.28 bits per heavy atom. The van der Waals surface area contributed by atoms with Gasteiger partial charge in [0.15, 0.2) is 0 Å². The lowest BCUT2D eigenvalue weighted by Crippen LogP contribution is -2.42. The summed E-state index contributed by atoms with van der Waals surface area (Å²) < 4.78 is 0. The van der Waals surface area contributed by atoms with Crippen molar-refractivity contribution in [1.82, 2.24) is 4.90 Å². The molecule has 0 bridgehead atoms. The van der Waals surface area contributed by atoms with E-state index in [1.165, 1.54) is 0 Å². The Kier molecular flexibility index (Phi) is 4.68. The van der Waals surface area contributed by atoms with Gasteiger partial charge in [0.05, 0.1) is 12.0 Å². The monoisotopic (exact) mass is 260 g/mol. The first kappa shape index (κ1) is 13.5. The molecule has 0 amide bonds. The van der Waals surface area contributed by atoms with Crippen LogP contribution in [0, 0.1) is 11.3 Å². The highest BCUT2D eigenvalue weighted by molar-refractivity contribution is 8.00. The summed E-state index contributed by atoms with van der Waals surface area (Å²) >= 11 is 2.05. The van der Waals surface area contributed by atoms with Crippen molar-refractivity contribution < 1.29 is 0 Å². The van der Waals surface area contributed by atoms with Gasteiger partial charge in [-0.1, -0.05) is 44.2 Å². The average molecular weight is 260 g/mol. The Morgan fingerprint density at radius 3 is 2.44 bits per heavy atom. The molecule has 2 rings (SSSR count). The fourth-order valence-corrected chi connectivity index (χ4v) is 3.98. The molecular weight excluding hydrogens is 240 g/mol. The van der Waals surface area contributed by atoms with Crippen LogP contribution in [-0.4, -0.2) is 35.0 Å². The van der Waals surface area contributed by atoms with Crippen LogP contribution in [0.15, 0.2) is 30.3 Å². The maximum absolute atomic E-state index is 9.36. The molecule has 3 unspecified atom stereocenters. The lowest BCUT2D eigenvalue weighted by Gasteiger charge is -2.35. The fraction of sp³-hybridized carbons (Fsp3) is 0.533. The van der Waals surface area contributed by atoms with Gasteiger partial charge in [0, 0.05) is 30.1 Å². The lowest BCUT2D eigenvalue weighted by molar-refractivity contribution is 0.266. The summed E-state index contributed by atoms with van der Waals surface area (Å²) in [5, 5.41) is 10.7. The molecule has 3 heteroatoms. The number of rotatable bonds is 3. The molecule has 1 aromatic carbocycles. The predicted molar refractivity (Wildman–Crippen MR) is 77.8 cm³/mol. The number of thioether (sulfide) groups is 1. The minimum atomic E-state index is -0.00583. The van der Waals surface area contributed by atoms with Crippen molar-refractivity contribution in [3.05, 3.63) is 35.9 Å². The van der Waals surface area contributed by atoms with Gasteiger partial charge in [-0.05, 0) is 5.56 Å². The molecule has 0 radical (unpaired) electrons. The Balaban J connectivity index is 2.01. The summed E-state index contributed by atoms with van der Waals surface area (Å²) in [4.78, 5) is 2.44. The van der Waals surface area contributed by atoms with Crippen molar-refractivity contribution in [3.8, 4) is 6.07 Å². The van der Waals surface area contributed by atoms with E-state index in [1.54, 1.807) is 0 Å². The van der Waals surface area contributed by atoms with Crippen molar-refractivity contribution in [2.45, 2.75) is 30.3 Å². The SMILES string of the molecule is CC1CN(CC(C#N)c2ccccc2)CC(C)S1. The van der Waals surface area contributed by atoms with E-state index in [9.17, 15) is 5.26 Å². The molecular formula is C15H20N2S. The molecule has 0 spiro atoms. The van der Waals surface area contributed by atoms with E-state index in [0.29, 0.717) is 10.5 Å². The zero-order valence-corrected chi connectivity index (χ0v) is 11.9. The van der Waals surface area contributed by atoms with Gasteiger partial charge in [0.2, 0.25) is 0 Å². The Bertz CT molecular complexity index is 402. The van der Waals surface area contributed by atoms with E-state index >= 15 is 0 Å². The van der Waals surface area contributed by atoms with Crippen molar-refractivity contribution in [2.24, 2.45) is 0 Å². The summed E-state index contributed by atoms with van der Waals surface area (Å²) in [5.74, 6) is -0.00583. The van der Waals surface area contributed by atoms with Crippen LogP contribution in [0.5, 0.6) is 0 Å². The highest BCUT2D eigenvalue weighted by Gasteiger charge is 2.24. The van der Waals surface area contributed by atoms with E-state index in [1.807, 2.05) is 18.2 Å². The average Bonchev–Trinajstić information content (AvgIpc) is 2.36. The molecule has 3 atom stereocenters. The Hall–Kier alpha value is -0.980. The molecule has 0 aromatic heterocycles. The van der Waals surface area contributed by atoms with Crippen LogP contribution in [-0.2, 0) is 0 Å². The normalized spacial score (nSPS) is 26.5. The number of hydrogen-bond donors (Lipinski definition) is 0. The van der Waals surface area contributed by atoms with E-state index < -0.39 is 0 Å². The number of hydrogen-bond acceptors (Lipinski definition) is 3. The second-order valence-electron chi connectivity index (χ2n) is 5.07. The van der Waals surface area contributed by atoms with Crippen molar-refractivity contribution >= 4 is 11.8 Å². The van der Waals surface area contributed by atoms with E-state index in [2.05, 4.69) is 48.7 Å². The van der Waals surface area contributed by atoms with Crippen molar-refractivity contribution in [1.29, 1.82) is 5.26 Å². The molecule has 0 N–H and O–H groups in total. The first-order valence-corrected chi connectivity index (χ1v) is 7.45. The smallest absolute Gasteiger partial charge is 0.0839 e. The largest absolute Gasteiger partial charge is 0.300 e. The molecule has 2 nitrogen and oxygen atoms in total. The molecule has 1 aliphatic rings. The minimum absolute atomic E-state index is 0.00583. The highest BCUT2D eigenvalue weighted by atomic mass is 32.2. The molecule has 0 saturated carbocycles. The predicted octanol–water partition coefficient (Wildman–Crippen LogP) is 3.12. The molecule has 1 heterocycles. The van der Waals surface area contributed by atoms with Gasteiger partial charge >= 0.3 is 0 Å². The number of nitrogens with zero attached hydrogens (tertiary/aromatic N) is 2. The van der Waals surface area contributed by atoms with Crippen LogP contribution in [0.2, 0.25) is 0 Å². The molecule has 1 aromatic rings. The molecule has 1 aliphatic heterocycles. The second kappa shape index (κ2) is 6.26. The molecule has 18 heavy (non-hydrogen) atoms. The van der Waals surface area contributed by atoms with Crippen molar-refractivity contribution in [3.63, 3.8) is 0 Å². The van der Waals surface area contributed by atoms with Gasteiger partial charge in [-0.25, -0.2) is 0 Å². The van der Waals surface area contributed by atoms with Gasteiger partial charge in [0.1, 0.15) is 0 Å². The summed E-state index contributed by atoms with van der Waals surface area (Å²) in [7, 11) is 0.